The van der Waals surface area contributed by atoms with Gasteiger partial charge in [-0.05, 0) is 43.9 Å². The molecule has 2 rings (SSSR count). The minimum absolute atomic E-state index is 0.205. The summed E-state index contributed by atoms with van der Waals surface area (Å²) in [6.45, 7) is 5.87. The highest BCUT2D eigenvalue weighted by Gasteiger charge is 2.38. The molecule has 1 aliphatic rings. The minimum atomic E-state index is 0.205. The van der Waals surface area contributed by atoms with E-state index in [0.29, 0.717) is 5.92 Å². The van der Waals surface area contributed by atoms with Gasteiger partial charge in [0.25, 0.3) is 0 Å². The molecule has 1 aromatic rings. The second kappa shape index (κ2) is 6.55. The van der Waals surface area contributed by atoms with Crippen LogP contribution in [0.1, 0.15) is 38.3 Å². The zero-order valence-corrected chi connectivity index (χ0v) is 11.9. The Labute approximate surface area is 115 Å². The normalized spacial score (nSPS) is 18.6. The summed E-state index contributed by atoms with van der Waals surface area (Å²) in [5.74, 6) is 0.685. The third kappa shape index (κ3) is 3.25. The van der Waals surface area contributed by atoms with Crippen LogP contribution in [0.2, 0.25) is 5.02 Å². The van der Waals surface area contributed by atoms with E-state index < -0.39 is 0 Å². The van der Waals surface area contributed by atoms with Gasteiger partial charge in [0, 0.05) is 11.6 Å². The van der Waals surface area contributed by atoms with Crippen molar-refractivity contribution in [3.8, 4) is 0 Å². The molecule has 2 atom stereocenters. The topological polar surface area (TPSA) is 21.3 Å². The molecule has 0 aromatic heterocycles. The predicted molar refractivity (Wildman–Crippen MR) is 76.0 cm³/mol. The number of hydrogen-bond acceptors (Lipinski definition) is 2. The predicted octanol–water partition coefficient (Wildman–Crippen LogP) is 3.81. The number of nitrogens with one attached hydrogen (secondary N) is 1. The van der Waals surface area contributed by atoms with Crippen molar-refractivity contribution in [2.75, 3.05) is 13.2 Å². The molecular formula is C15H22ClNO. The monoisotopic (exact) mass is 267 g/mol. The lowest BCUT2D eigenvalue weighted by atomic mass is 9.97. The zero-order chi connectivity index (χ0) is 13.0. The highest BCUT2D eigenvalue weighted by molar-refractivity contribution is 6.31. The van der Waals surface area contributed by atoms with Crippen molar-refractivity contribution in [3.63, 3.8) is 0 Å². The second-order valence-electron chi connectivity index (χ2n) is 4.81. The molecule has 1 fully saturated rings. The quantitative estimate of drug-likeness (QED) is 0.811. The van der Waals surface area contributed by atoms with Crippen molar-refractivity contribution < 1.29 is 4.74 Å². The van der Waals surface area contributed by atoms with E-state index in [2.05, 4.69) is 25.2 Å². The molecule has 0 saturated heterocycles. The molecule has 1 aromatic carbocycles. The fourth-order valence-electron chi connectivity index (χ4n) is 2.47. The maximum Gasteiger partial charge on any atom is 0.0798 e. The van der Waals surface area contributed by atoms with Crippen LogP contribution in [0.25, 0.3) is 0 Å². The molecule has 0 bridgehead atoms. The van der Waals surface area contributed by atoms with E-state index in [4.69, 9.17) is 16.3 Å². The number of halogens is 1. The van der Waals surface area contributed by atoms with Crippen LogP contribution >= 0.6 is 11.6 Å². The van der Waals surface area contributed by atoms with Crippen LogP contribution in [0.3, 0.4) is 0 Å². The van der Waals surface area contributed by atoms with Crippen molar-refractivity contribution in [1.29, 1.82) is 0 Å². The summed E-state index contributed by atoms with van der Waals surface area (Å²) in [5, 5.41) is 4.36. The van der Waals surface area contributed by atoms with Gasteiger partial charge in [0.1, 0.15) is 0 Å². The molecule has 1 saturated carbocycles. The van der Waals surface area contributed by atoms with E-state index >= 15 is 0 Å². The zero-order valence-electron chi connectivity index (χ0n) is 11.2. The van der Waals surface area contributed by atoms with Crippen LogP contribution in [0.4, 0.5) is 0 Å². The molecule has 2 unspecified atom stereocenters. The molecule has 2 nitrogen and oxygen atoms in total. The van der Waals surface area contributed by atoms with Gasteiger partial charge >= 0.3 is 0 Å². The summed E-state index contributed by atoms with van der Waals surface area (Å²) < 4.78 is 5.97. The first kappa shape index (κ1) is 13.9. The van der Waals surface area contributed by atoms with Crippen LogP contribution in [-0.4, -0.2) is 19.3 Å². The number of ether oxygens (including phenoxy) is 1. The van der Waals surface area contributed by atoms with Crippen molar-refractivity contribution in [3.05, 3.63) is 34.9 Å². The number of rotatable bonds is 7. The van der Waals surface area contributed by atoms with Gasteiger partial charge in [-0.2, -0.15) is 0 Å². The van der Waals surface area contributed by atoms with Gasteiger partial charge in [0.2, 0.25) is 0 Å². The summed E-state index contributed by atoms with van der Waals surface area (Å²) in [5.41, 5.74) is 1.16. The first-order valence-electron chi connectivity index (χ1n) is 6.87. The lowest BCUT2D eigenvalue weighted by Crippen LogP contribution is -2.35. The van der Waals surface area contributed by atoms with Crippen LogP contribution in [0.15, 0.2) is 24.3 Å². The van der Waals surface area contributed by atoms with Gasteiger partial charge in [-0.25, -0.2) is 0 Å². The first-order chi connectivity index (χ1) is 8.77. The molecule has 0 radical (unpaired) electrons. The molecule has 0 heterocycles. The van der Waals surface area contributed by atoms with E-state index in [-0.39, 0.29) is 12.1 Å². The summed E-state index contributed by atoms with van der Waals surface area (Å²) in [6.07, 6.45) is 2.79. The van der Waals surface area contributed by atoms with E-state index in [1.54, 1.807) is 0 Å². The Morgan fingerprint density at radius 2 is 2.06 bits per heavy atom. The average Bonchev–Trinajstić information content (AvgIpc) is 3.19. The minimum Gasteiger partial charge on any atom is -0.376 e. The Kier molecular flexibility index (Phi) is 5.04. The molecule has 18 heavy (non-hydrogen) atoms. The lowest BCUT2D eigenvalue weighted by Gasteiger charge is -2.29. The van der Waals surface area contributed by atoms with Crippen molar-refractivity contribution in [1.82, 2.24) is 5.32 Å². The highest BCUT2D eigenvalue weighted by Crippen LogP contribution is 2.41. The second-order valence-corrected chi connectivity index (χ2v) is 5.22. The van der Waals surface area contributed by atoms with Gasteiger partial charge in [-0.1, -0.05) is 36.7 Å². The van der Waals surface area contributed by atoms with E-state index in [1.807, 2.05) is 18.2 Å². The smallest absolute Gasteiger partial charge is 0.0798 e. The summed E-state index contributed by atoms with van der Waals surface area (Å²) >= 11 is 6.33. The molecule has 1 aliphatic carbocycles. The molecule has 3 heteroatoms. The molecule has 0 amide bonds. The summed E-state index contributed by atoms with van der Waals surface area (Å²) in [7, 11) is 0. The van der Waals surface area contributed by atoms with Crippen molar-refractivity contribution in [2.24, 2.45) is 5.92 Å². The lowest BCUT2D eigenvalue weighted by molar-refractivity contribution is 0.0190. The molecule has 0 aliphatic heterocycles. The van der Waals surface area contributed by atoms with E-state index in [9.17, 15) is 0 Å². The van der Waals surface area contributed by atoms with Crippen LogP contribution in [-0.2, 0) is 4.74 Å². The van der Waals surface area contributed by atoms with Gasteiger partial charge in [-0.3, -0.25) is 0 Å². The Balaban J connectivity index is 2.22. The summed E-state index contributed by atoms with van der Waals surface area (Å²) in [6, 6.07) is 8.28. The largest absolute Gasteiger partial charge is 0.376 e. The number of likely N-dealkylation sites (N-methyl/N-ethyl adjacent to an activating group) is 1. The molecule has 1 N–H and O–H groups in total. The molecular weight excluding hydrogens is 246 g/mol. The van der Waals surface area contributed by atoms with Gasteiger partial charge in [0.05, 0.1) is 12.1 Å². The third-order valence-electron chi connectivity index (χ3n) is 3.44. The van der Waals surface area contributed by atoms with Crippen molar-refractivity contribution in [2.45, 2.75) is 38.8 Å². The van der Waals surface area contributed by atoms with Gasteiger partial charge in [0.15, 0.2) is 0 Å². The Bertz CT molecular complexity index is 379. The fourth-order valence-corrected chi connectivity index (χ4v) is 2.73. The van der Waals surface area contributed by atoms with E-state index in [1.165, 1.54) is 12.8 Å². The standard InChI is InChI=1S/C15H22ClNO/c1-3-17-14(12-7-5-6-8-13(12)16)15(18-4-2)11-9-10-11/h5-8,11,14-15,17H,3-4,9-10H2,1-2H3. The van der Waals surface area contributed by atoms with Crippen LogP contribution in [0.5, 0.6) is 0 Å². The molecule has 100 valence electrons. The SMILES string of the molecule is CCNC(c1ccccc1Cl)C(OCC)C1CC1. The Hall–Kier alpha value is -0.570. The van der Waals surface area contributed by atoms with E-state index in [0.717, 1.165) is 23.7 Å². The summed E-state index contributed by atoms with van der Waals surface area (Å²) in [4.78, 5) is 0. The Morgan fingerprint density at radius 3 is 2.61 bits per heavy atom. The average molecular weight is 268 g/mol. The maximum atomic E-state index is 6.33. The Morgan fingerprint density at radius 1 is 1.33 bits per heavy atom. The van der Waals surface area contributed by atoms with Crippen molar-refractivity contribution >= 4 is 11.6 Å². The maximum absolute atomic E-state index is 6.33. The van der Waals surface area contributed by atoms with Gasteiger partial charge < -0.3 is 10.1 Å². The fraction of sp³-hybridized carbons (Fsp3) is 0.600. The molecule has 0 spiro atoms. The number of benzene rings is 1. The first-order valence-corrected chi connectivity index (χ1v) is 7.25. The van der Waals surface area contributed by atoms with Crippen LogP contribution < -0.4 is 5.32 Å². The highest BCUT2D eigenvalue weighted by atomic mass is 35.5. The van der Waals surface area contributed by atoms with Crippen LogP contribution in [0, 0.1) is 5.92 Å². The third-order valence-corrected chi connectivity index (χ3v) is 3.78. The van der Waals surface area contributed by atoms with Gasteiger partial charge in [-0.15, -0.1) is 0 Å². The number of hydrogen-bond donors (Lipinski definition) is 1.